The number of carbonyl (C=O) groups excluding carboxylic acids is 1. The van der Waals surface area contributed by atoms with Gasteiger partial charge >= 0.3 is 6.03 Å². The van der Waals surface area contributed by atoms with Crippen LogP contribution in [0.4, 0.5) is 14.9 Å². The molecule has 0 aromatic heterocycles. The van der Waals surface area contributed by atoms with Gasteiger partial charge in [-0.25, -0.2) is 9.18 Å². The molecule has 0 saturated carbocycles. The zero-order valence-electron chi connectivity index (χ0n) is 7.30. The Balaban J connectivity index is 2.64. The molecule has 70 valence electrons. The van der Waals surface area contributed by atoms with E-state index in [9.17, 15) is 9.18 Å². The highest BCUT2D eigenvalue weighted by molar-refractivity contribution is 5.88. The lowest BCUT2D eigenvalue weighted by atomic mass is 10.2. The number of urea groups is 1. The number of benzene rings is 1. The number of alkyl halides is 1. The van der Waals surface area contributed by atoms with Gasteiger partial charge in [-0.15, -0.1) is 0 Å². The topological polar surface area (TPSA) is 41.1 Å². The number of carbonyl (C=O) groups is 1. The van der Waals surface area contributed by atoms with Crippen molar-refractivity contribution in [3.63, 3.8) is 0 Å². The van der Waals surface area contributed by atoms with Crippen LogP contribution < -0.4 is 10.6 Å². The van der Waals surface area contributed by atoms with Crippen LogP contribution in [0, 0.1) is 0 Å². The number of nitrogens with one attached hydrogen (secondary N) is 2. The van der Waals surface area contributed by atoms with Crippen LogP contribution in [0.5, 0.6) is 0 Å². The van der Waals surface area contributed by atoms with E-state index in [0.29, 0.717) is 11.3 Å². The Labute approximate surface area is 76.0 Å². The molecule has 0 atom stereocenters. The van der Waals surface area contributed by atoms with Crippen LogP contribution in [-0.2, 0) is 6.67 Å². The second kappa shape index (κ2) is 4.45. The average molecular weight is 182 g/mol. The third-order valence-electron chi connectivity index (χ3n) is 1.59. The average Bonchev–Trinajstić information content (AvgIpc) is 2.19. The fourth-order valence-electron chi connectivity index (χ4n) is 0.871. The lowest BCUT2D eigenvalue weighted by molar-refractivity contribution is 0.254. The Kier molecular flexibility index (Phi) is 3.25. The number of hydrogen-bond acceptors (Lipinski definition) is 1. The highest BCUT2D eigenvalue weighted by atomic mass is 19.1. The number of hydrogen-bond donors (Lipinski definition) is 2. The van der Waals surface area contributed by atoms with Crippen LogP contribution in [0.2, 0.25) is 0 Å². The summed E-state index contributed by atoms with van der Waals surface area (Å²) in [5.41, 5.74) is 1.25. The van der Waals surface area contributed by atoms with Gasteiger partial charge in [0.15, 0.2) is 0 Å². The van der Waals surface area contributed by atoms with E-state index in [2.05, 4.69) is 10.6 Å². The van der Waals surface area contributed by atoms with Gasteiger partial charge in [0, 0.05) is 12.7 Å². The summed E-state index contributed by atoms with van der Waals surface area (Å²) in [6.07, 6.45) is 0. The predicted octanol–water partition coefficient (Wildman–Crippen LogP) is 1.91. The van der Waals surface area contributed by atoms with Crippen molar-refractivity contribution in [2.45, 2.75) is 6.67 Å². The van der Waals surface area contributed by atoms with Crippen molar-refractivity contribution >= 4 is 11.7 Å². The minimum atomic E-state index is -0.486. The molecule has 0 unspecified atom stereocenters. The van der Waals surface area contributed by atoms with Gasteiger partial charge in [-0.2, -0.15) is 0 Å². The van der Waals surface area contributed by atoms with Crippen molar-refractivity contribution in [3.8, 4) is 0 Å². The first kappa shape index (κ1) is 9.51. The molecular weight excluding hydrogens is 171 g/mol. The summed E-state index contributed by atoms with van der Waals surface area (Å²) >= 11 is 0. The first-order chi connectivity index (χ1) is 6.26. The number of amides is 2. The smallest absolute Gasteiger partial charge is 0.318 e. The molecule has 0 spiro atoms. The number of anilines is 1. The van der Waals surface area contributed by atoms with Gasteiger partial charge < -0.3 is 10.6 Å². The fraction of sp³-hybridized carbons (Fsp3) is 0.222. The summed E-state index contributed by atoms with van der Waals surface area (Å²) in [5, 5.41) is 4.99. The van der Waals surface area contributed by atoms with E-state index in [4.69, 9.17) is 0 Å². The maximum absolute atomic E-state index is 12.1. The van der Waals surface area contributed by atoms with Crippen molar-refractivity contribution in [2.75, 3.05) is 12.4 Å². The molecule has 0 bridgehead atoms. The standard InChI is InChI=1S/C9H11FN2O/c1-11-9(13)12-8-4-2-7(6-10)3-5-8/h2-5H,6H2,1H3,(H2,11,12,13). The maximum Gasteiger partial charge on any atom is 0.318 e. The van der Waals surface area contributed by atoms with Crippen molar-refractivity contribution < 1.29 is 9.18 Å². The molecule has 0 aliphatic heterocycles. The molecule has 4 heteroatoms. The molecule has 0 aliphatic carbocycles. The van der Waals surface area contributed by atoms with E-state index in [0.717, 1.165) is 0 Å². The fourth-order valence-corrected chi connectivity index (χ4v) is 0.871. The van der Waals surface area contributed by atoms with E-state index in [-0.39, 0.29) is 6.03 Å². The van der Waals surface area contributed by atoms with Crippen molar-refractivity contribution in [2.24, 2.45) is 0 Å². The van der Waals surface area contributed by atoms with Crippen LogP contribution in [0.1, 0.15) is 5.56 Å². The third kappa shape index (κ3) is 2.74. The maximum atomic E-state index is 12.1. The Morgan fingerprint density at radius 1 is 1.38 bits per heavy atom. The molecule has 0 heterocycles. The van der Waals surface area contributed by atoms with Crippen molar-refractivity contribution in [1.29, 1.82) is 0 Å². The van der Waals surface area contributed by atoms with Crippen LogP contribution in [-0.4, -0.2) is 13.1 Å². The number of rotatable bonds is 2. The van der Waals surface area contributed by atoms with E-state index in [1.54, 1.807) is 24.3 Å². The first-order valence-electron chi connectivity index (χ1n) is 3.90. The zero-order valence-corrected chi connectivity index (χ0v) is 7.30. The van der Waals surface area contributed by atoms with Gasteiger partial charge in [0.05, 0.1) is 0 Å². The summed E-state index contributed by atoms with van der Waals surface area (Å²) in [4.78, 5) is 10.8. The predicted molar refractivity (Wildman–Crippen MR) is 49.3 cm³/mol. The minimum Gasteiger partial charge on any atom is -0.341 e. The molecular formula is C9H11FN2O. The van der Waals surface area contributed by atoms with Crippen LogP contribution in [0.3, 0.4) is 0 Å². The minimum absolute atomic E-state index is 0.284. The summed E-state index contributed by atoms with van der Waals surface area (Å²) < 4.78 is 12.1. The second-order valence-corrected chi connectivity index (χ2v) is 2.53. The quantitative estimate of drug-likeness (QED) is 0.720. The van der Waals surface area contributed by atoms with E-state index < -0.39 is 6.67 Å². The molecule has 0 saturated heterocycles. The van der Waals surface area contributed by atoms with Crippen molar-refractivity contribution in [1.82, 2.24) is 5.32 Å². The van der Waals surface area contributed by atoms with Gasteiger partial charge in [0.25, 0.3) is 0 Å². The molecule has 1 aromatic rings. The summed E-state index contributed by atoms with van der Waals surface area (Å²) in [6, 6.07) is 6.29. The van der Waals surface area contributed by atoms with Gasteiger partial charge in [0.2, 0.25) is 0 Å². The Morgan fingerprint density at radius 3 is 2.46 bits per heavy atom. The first-order valence-corrected chi connectivity index (χ1v) is 3.90. The Bertz CT molecular complexity index is 284. The molecule has 0 radical (unpaired) electrons. The molecule has 1 aromatic carbocycles. The third-order valence-corrected chi connectivity index (χ3v) is 1.59. The normalized spacial score (nSPS) is 9.38. The molecule has 2 amide bonds. The second-order valence-electron chi connectivity index (χ2n) is 2.53. The molecule has 0 fully saturated rings. The van der Waals surface area contributed by atoms with E-state index in [1.807, 2.05) is 0 Å². The lowest BCUT2D eigenvalue weighted by Crippen LogP contribution is -2.24. The van der Waals surface area contributed by atoms with E-state index in [1.165, 1.54) is 7.05 Å². The van der Waals surface area contributed by atoms with Crippen LogP contribution >= 0.6 is 0 Å². The van der Waals surface area contributed by atoms with Crippen LogP contribution in [0.15, 0.2) is 24.3 Å². The van der Waals surface area contributed by atoms with Gasteiger partial charge in [-0.3, -0.25) is 0 Å². The molecule has 0 aliphatic rings. The lowest BCUT2D eigenvalue weighted by Gasteiger charge is -2.03. The zero-order chi connectivity index (χ0) is 9.68. The van der Waals surface area contributed by atoms with Crippen molar-refractivity contribution in [3.05, 3.63) is 29.8 Å². The van der Waals surface area contributed by atoms with Gasteiger partial charge in [-0.05, 0) is 17.7 Å². The SMILES string of the molecule is CNC(=O)Nc1ccc(CF)cc1. The molecule has 3 nitrogen and oxygen atoms in total. The van der Waals surface area contributed by atoms with E-state index >= 15 is 0 Å². The molecule has 1 rings (SSSR count). The summed E-state index contributed by atoms with van der Waals surface area (Å²) in [5.74, 6) is 0. The van der Waals surface area contributed by atoms with Gasteiger partial charge in [0.1, 0.15) is 6.67 Å². The molecule has 2 N–H and O–H groups in total. The summed E-state index contributed by atoms with van der Waals surface area (Å²) in [7, 11) is 1.53. The highest BCUT2D eigenvalue weighted by Gasteiger charge is 1.97. The molecule has 13 heavy (non-hydrogen) atoms. The largest absolute Gasteiger partial charge is 0.341 e. The van der Waals surface area contributed by atoms with Gasteiger partial charge in [-0.1, -0.05) is 12.1 Å². The number of halogens is 1. The Hall–Kier alpha value is -1.58. The van der Waals surface area contributed by atoms with Crippen LogP contribution in [0.25, 0.3) is 0 Å². The monoisotopic (exact) mass is 182 g/mol. The summed E-state index contributed by atoms with van der Waals surface area (Å²) in [6.45, 7) is -0.486. The Morgan fingerprint density at radius 2 is 2.00 bits per heavy atom. The highest BCUT2D eigenvalue weighted by Crippen LogP contribution is 2.09.